The van der Waals surface area contributed by atoms with Gasteiger partial charge in [0, 0.05) is 23.3 Å². The van der Waals surface area contributed by atoms with Gasteiger partial charge < -0.3 is 5.32 Å². The maximum Gasteiger partial charge on any atom is 0.223 e. The zero-order valence-electron chi connectivity index (χ0n) is 9.55. The van der Waals surface area contributed by atoms with Crippen LogP contribution in [0.5, 0.6) is 0 Å². The third-order valence-electron chi connectivity index (χ3n) is 2.17. The maximum atomic E-state index is 6.01. The summed E-state index contributed by atoms with van der Waals surface area (Å²) in [6, 6.07) is 1.96. The van der Waals surface area contributed by atoms with Crippen molar-refractivity contribution in [2.24, 2.45) is 0 Å². The molecule has 0 aliphatic rings. The molecule has 1 aromatic rings. The Labute approximate surface area is 96.3 Å². The van der Waals surface area contributed by atoms with Crippen LogP contribution in [0.1, 0.15) is 31.2 Å². The smallest absolute Gasteiger partial charge is 0.223 e. The van der Waals surface area contributed by atoms with Crippen molar-refractivity contribution in [3.8, 4) is 0 Å². The molecule has 1 rings (SSSR count). The Kier molecular flexibility index (Phi) is 4.82. The van der Waals surface area contributed by atoms with E-state index in [1.54, 1.807) is 0 Å². The zero-order valence-corrected chi connectivity index (χ0v) is 10.3. The highest BCUT2D eigenvalue weighted by atomic mass is 35.5. The summed E-state index contributed by atoms with van der Waals surface area (Å²) in [5.74, 6) is 0.701. The van der Waals surface area contributed by atoms with Crippen molar-refractivity contribution in [2.45, 2.75) is 39.0 Å². The van der Waals surface area contributed by atoms with Crippen LogP contribution in [-0.4, -0.2) is 21.9 Å². The molecule has 0 saturated heterocycles. The quantitative estimate of drug-likeness (QED) is 0.786. The summed E-state index contributed by atoms with van der Waals surface area (Å²) in [6.45, 7) is 6.85. The van der Waals surface area contributed by atoms with Crippen molar-refractivity contribution in [2.75, 3.05) is 11.9 Å². The molecule has 15 heavy (non-hydrogen) atoms. The van der Waals surface area contributed by atoms with Gasteiger partial charge in [-0.25, -0.2) is 9.97 Å². The van der Waals surface area contributed by atoms with Crippen LogP contribution in [0.15, 0.2) is 6.07 Å². The second-order valence-electron chi connectivity index (χ2n) is 3.70. The number of aromatic nitrogens is 2. The Bertz CT molecular complexity index is 294. The highest BCUT2D eigenvalue weighted by Crippen LogP contribution is 2.08. The Morgan fingerprint density at radius 3 is 2.47 bits per heavy atom. The second kappa shape index (κ2) is 5.91. The van der Waals surface area contributed by atoms with Crippen LogP contribution in [0.25, 0.3) is 0 Å². The lowest BCUT2D eigenvalue weighted by Crippen LogP contribution is -2.11. The molecule has 0 amide bonds. The van der Waals surface area contributed by atoms with Crippen LogP contribution in [0.3, 0.4) is 0 Å². The van der Waals surface area contributed by atoms with Gasteiger partial charge in [-0.15, -0.1) is 11.6 Å². The Morgan fingerprint density at radius 2 is 1.93 bits per heavy atom. The van der Waals surface area contributed by atoms with Crippen LogP contribution in [0.4, 0.5) is 5.95 Å². The van der Waals surface area contributed by atoms with Crippen molar-refractivity contribution in [3.05, 3.63) is 17.5 Å². The van der Waals surface area contributed by atoms with E-state index in [9.17, 15) is 0 Å². The molecule has 1 aromatic heterocycles. The van der Waals surface area contributed by atoms with Crippen LogP contribution in [-0.2, 0) is 0 Å². The summed E-state index contributed by atoms with van der Waals surface area (Å²) in [5.41, 5.74) is 1.98. The van der Waals surface area contributed by atoms with Gasteiger partial charge in [0.2, 0.25) is 5.95 Å². The first-order valence-corrected chi connectivity index (χ1v) is 5.75. The molecule has 0 bridgehead atoms. The van der Waals surface area contributed by atoms with Crippen molar-refractivity contribution in [1.29, 1.82) is 0 Å². The molecule has 0 aliphatic carbocycles. The predicted molar refractivity (Wildman–Crippen MR) is 64.5 cm³/mol. The van der Waals surface area contributed by atoms with Gasteiger partial charge in [-0.3, -0.25) is 0 Å². The van der Waals surface area contributed by atoms with Crippen LogP contribution < -0.4 is 5.32 Å². The largest absolute Gasteiger partial charge is 0.354 e. The van der Waals surface area contributed by atoms with Crippen LogP contribution >= 0.6 is 11.6 Å². The lowest BCUT2D eigenvalue weighted by molar-refractivity contribution is 0.749. The van der Waals surface area contributed by atoms with Crippen molar-refractivity contribution in [3.63, 3.8) is 0 Å². The molecular weight excluding hydrogens is 210 g/mol. The average molecular weight is 228 g/mol. The number of halogens is 1. The van der Waals surface area contributed by atoms with Gasteiger partial charge in [0.15, 0.2) is 0 Å². The molecule has 0 aromatic carbocycles. The first kappa shape index (κ1) is 12.2. The van der Waals surface area contributed by atoms with Gasteiger partial charge >= 0.3 is 0 Å². The summed E-state index contributed by atoms with van der Waals surface area (Å²) in [4.78, 5) is 8.58. The number of aryl methyl sites for hydroxylation is 2. The number of alkyl halides is 1. The number of hydrogen-bond donors (Lipinski definition) is 1. The van der Waals surface area contributed by atoms with E-state index in [4.69, 9.17) is 11.6 Å². The molecule has 3 nitrogen and oxygen atoms in total. The molecule has 1 unspecified atom stereocenters. The van der Waals surface area contributed by atoms with Gasteiger partial charge in [0.25, 0.3) is 0 Å². The summed E-state index contributed by atoms with van der Waals surface area (Å²) in [5, 5.41) is 3.42. The summed E-state index contributed by atoms with van der Waals surface area (Å²) in [7, 11) is 0. The van der Waals surface area contributed by atoms with Gasteiger partial charge in [0.1, 0.15) is 0 Å². The number of hydrogen-bond acceptors (Lipinski definition) is 3. The van der Waals surface area contributed by atoms with Crippen molar-refractivity contribution < 1.29 is 0 Å². The molecule has 0 aliphatic heterocycles. The molecule has 84 valence electrons. The van der Waals surface area contributed by atoms with Crippen molar-refractivity contribution >= 4 is 17.5 Å². The number of rotatable bonds is 5. The topological polar surface area (TPSA) is 37.8 Å². The molecule has 0 spiro atoms. The van der Waals surface area contributed by atoms with Crippen molar-refractivity contribution in [1.82, 2.24) is 9.97 Å². The van der Waals surface area contributed by atoms with Gasteiger partial charge in [-0.1, -0.05) is 6.92 Å². The predicted octanol–water partition coefficient (Wildman–Crippen LogP) is 2.91. The van der Waals surface area contributed by atoms with Crippen LogP contribution in [0, 0.1) is 13.8 Å². The minimum absolute atomic E-state index is 0.239. The molecule has 0 radical (unpaired) electrons. The number of anilines is 1. The minimum Gasteiger partial charge on any atom is -0.354 e. The summed E-state index contributed by atoms with van der Waals surface area (Å²) < 4.78 is 0. The number of nitrogens with zero attached hydrogens (tertiary/aromatic N) is 2. The standard InChI is InChI=1S/C11H18ClN3/c1-4-10(12)5-6-13-11-14-8(2)7-9(3)15-11/h7,10H,4-6H2,1-3H3,(H,13,14,15). The first-order chi connectivity index (χ1) is 7.11. The fraction of sp³-hybridized carbons (Fsp3) is 0.636. The molecule has 1 N–H and O–H groups in total. The lowest BCUT2D eigenvalue weighted by atomic mass is 10.2. The molecule has 1 heterocycles. The van der Waals surface area contributed by atoms with E-state index < -0.39 is 0 Å². The highest BCUT2D eigenvalue weighted by molar-refractivity contribution is 6.20. The van der Waals surface area contributed by atoms with E-state index in [0.717, 1.165) is 30.8 Å². The fourth-order valence-electron chi connectivity index (χ4n) is 1.35. The SMILES string of the molecule is CCC(Cl)CCNc1nc(C)cc(C)n1. The average Bonchev–Trinajstić information content (AvgIpc) is 2.16. The van der Waals surface area contributed by atoms with E-state index in [0.29, 0.717) is 5.95 Å². The molecule has 0 fully saturated rings. The van der Waals surface area contributed by atoms with Crippen LogP contribution in [0.2, 0.25) is 0 Å². The zero-order chi connectivity index (χ0) is 11.3. The molecule has 0 saturated carbocycles. The normalized spacial score (nSPS) is 12.5. The Hall–Kier alpha value is -0.830. The highest BCUT2D eigenvalue weighted by Gasteiger charge is 2.02. The van der Waals surface area contributed by atoms with E-state index >= 15 is 0 Å². The maximum absolute atomic E-state index is 6.01. The van der Waals surface area contributed by atoms with Gasteiger partial charge in [-0.2, -0.15) is 0 Å². The Balaban J connectivity index is 2.43. The monoisotopic (exact) mass is 227 g/mol. The third kappa shape index (κ3) is 4.47. The molecule has 1 atom stereocenters. The van der Waals surface area contributed by atoms with Gasteiger partial charge in [0.05, 0.1) is 0 Å². The van der Waals surface area contributed by atoms with E-state index in [2.05, 4.69) is 22.2 Å². The minimum atomic E-state index is 0.239. The molecular formula is C11H18ClN3. The van der Waals surface area contributed by atoms with E-state index in [1.165, 1.54) is 0 Å². The van der Waals surface area contributed by atoms with E-state index in [1.807, 2.05) is 19.9 Å². The fourth-order valence-corrected chi connectivity index (χ4v) is 1.46. The molecule has 4 heteroatoms. The van der Waals surface area contributed by atoms with E-state index in [-0.39, 0.29) is 5.38 Å². The number of nitrogens with one attached hydrogen (secondary N) is 1. The third-order valence-corrected chi connectivity index (χ3v) is 2.69. The first-order valence-electron chi connectivity index (χ1n) is 5.32. The lowest BCUT2D eigenvalue weighted by Gasteiger charge is -2.08. The summed E-state index contributed by atoms with van der Waals surface area (Å²) in [6.07, 6.45) is 1.94. The second-order valence-corrected chi connectivity index (χ2v) is 4.31. The Morgan fingerprint density at radius 1 is 1.33 bits per heavy atom. The van der Waals surface area contributed by atoms with Gasteiger partial charge in [-0.05, 0) is 32.8 Å². The summed E-state index contributed by atoms with van der Waals surface area (Å²) >= 11 is 6.01.